The summed E-state index contributed by atoms with van der Waals surface area (Å²) < 4.78 is 1.26. The quantitative estimate of drug-likeness (QED) is 0.506. The fourth-order valence-corrected chi connectivity index (χ4v) is 2.06. The highest BCUT2D eigenvalue weighted by molar-refractivity contribution is 5.69. The second-order valence-corrected chi connectivity index (χ2v) is 4.70. The lowest BCUT2D eigenvalue weighted by Crippen LogP contribution is -2.33. The van der Waals surface area contributed by atoms with Gasteiger partial charge in [-0.15, -0.1) is 0 Å². The lowest BCUT2D eigenvalue weighted by molar-refractivity contribution is -0.100. The molecular weight excluding hydrogens is 238 g/mol. The molecule has 96 valence electrons. The van der Waals surface area contributed by atoms with Gasteiger partial charge in [-0.2, -0.15) is 4.98 Å². The summed E-state index contributed by atoms with van der Waals surface area (Å²) in [4.78, 5) is 22.7. The molecule has 0 atom stereocenters. The van der Waals surface area contributed by atoms with Crippen LogP contribution in [0.3, 0.4) is 0 Å². The first-order valence-electron chi connectivity index (χ1n) is 5.59. The van der Waals surface area contributed by atoms with Gasteiger partial charge in [-0.1, -0.05) is 0 Å². The van der Waals surface area contributed by atoms with E-state index in [1.807, 2.05) is 0 Å². The Hall–Kier alpha value is -1.93. The van der Waals surface area contributed by atoms with Crippen molar-refractivity contribution in [1.82, 2.24) is 19.5 Å². The Morgan fingerprint density at radius 1 is 1.56 bits per heavy atom. The van der Waals surface area contributed by atoms with Crippen LogP contribution in [0.1, 0.15) is 12.8 Å². The number of nitrogens with zero attached hydrogens (tertiary/aromatic N) is 3. The Balaban J connectivity index is 2.09. The first-order valence-corrected chi connectivity index (χ1v) is 5.59. The number of hydrogen-bond acceptors (Lipinski definition) is 6. The molecule has 8 heteroatoms. The zero-order valence-electron chi connectivity index (χ0n) is 9.50. The van der Waals surface area contributed by atoms with Gasteiger partial charge in [0.2, 0.25) is 5.95 Å². The van der Waals surface area contributed by atoms with Gasteiger partial charge in [0.05, 0.1) is 6.33 Å². The number of anilines is 1. The third-order valence-corrected chi connectivity index (χ3v) is 3.49. The largest absolute Gasteiger partial charge is 0.369 e. The number of fused-ring (bicyclic) bond motifs is 1. The Labute approximate surface area is 101 Å². The number of imidazole rings is 1. The number of nitrogens with one attached hydrogen (secondary N) is 1. The molecule has 2 heterocycles. The van der Waals surface area contributed by atoms with E-state index in [4.69, 9.17) is 5.73 Å². The summed E-state index contributed by atoms with van der Waals surface area (Å²) in [6.07, 6.45) is 1.22. The monoisotopic (exact) mass is 251 g/mol. The van der Waals surface area contributed by atoms with Crippen LogP contribution in [-0.2, 0) is 6.54 Å². The van der Waals surface area contributed by atoms with E-state index in [2.05, 4.69) is 15.0 Å². The summed E-state index contributed by atoms with van der Waals surface area (Å²) in [7, 11) is 0. The van der Waals surface area contributed by atoms with Crippen LogP contribution in [0.4, 0.5) is 5.95 Å². The van der Waals surface area contributed by atoms with Gasteiger partial charge in [-0.25, -0.2) is 4.98 Å². The maximum atomic E-state index is 12.1. The number of aliphatic hydroxyl groups is 2. The number of nitrogen functional groups attached to an aromatic ring is 1. The van der Waals surface area contributed by atoms with Crippen molar-refractivity contribution in [2.75, 3.05) is 5.73 Å². The lowest BCUT2D eigenvalue weighted by Gasteiger charge is -2.19. The topological polar surface area (TPSA) is 130 Å². The van der Waals surface area contributed by atoms with Crippen LogP contribution in [0.15, 0.2) is 11.1 Å². The van der Waals surface area contributed by atoms with E-state index in [0.717, 1.165) is 0 Å². The minimum absolute atomic E-state index is 0.0338. The molecule has 18 heavy (non-hydrogen) atoms. The second-order valence-electron chi connectivity index (χ2n) is 4.70. The van der Waals surface area contributed by atoms with Crippen LogP contribution < -0.4 is 11.3 Å². The Morgan fingerprint density at radius 3 is 2.89 bits per heavy atom. The van der Waals surface area contributed by atoms with E-state index in [1.165, 1.54) is 10.9 Å². The summed E-state index contributed by atoms with van der Waals surface area (Å²) in [6.45, 7) is 0.150. The lowest BCUT2D eigenvalue weighted by atomic mass is 10.1. The van der Waals surface area contributed by atoms with Crippen molar-refractivity contribution >= 4 is 17.1 Å². The van der Waals surface area contributed by atoms with Gasteiger partial charge in [0, 0.05) is 12.0 Å². The second kappa shape index (κ2) is 3.53. The molecule has 0 bridgehead atoms. The Morgan fingerprint density at radius 2 is 2.28 bits per heavy atom. The standard InChI is InChI=1S/C10H13N5O3/c11-9-14-6-5(12-4-13-6)7(16)15(9)3-10(1-2-10)8(17)18/h4,8,17-18H,1-3H2,(H2,11,14)(H,12,13). The molecule has 0 radical (unpaired) electrons. The van der Waals surface area contributed by atoms with Crippen LogP contribution in [0.2, 0.25) is 0 Å². The maximum absolute atomic E-state index is 12.1. The van der Waals surface area contributed by atoms with E-state index in [0.29, 0.717) is 12.8 Å². The summed E-state index contributed by atoms with van der Waals surface area (Å²) >= 11 is 0. The van der Waals surface area contributed by atoms with Crippen molar-refractivity contribution in [3.05, 3.63) is 16.7 Å². The van der Waals surface area contributed by atoms with E-state index < -0.39 is 11.7 Å². The molecular formula is C10H13N5O3. The molecule has 1 aliphatic rings. The first-order chi connectivity index (χ1) is 8.53. The van der Waals surface area contributed by atoms with Crippen molar-refractivity contribution in [3.8, 4) is 0 Å². The molecule has 2 aromatic heterocycles. The molecule has 3 rings (SSSR count). The molecule has 8 nitrogen and oxygen atoms in total. The van der Waals surface area contributed by atoms with Crippen LogP contribution in [0, 0.1) is 5.41 Å². The van der Waals surface area contributed by atoms with Crippen LogP contribution in [0.5, 0.6) is 0 Å². The molecule has 0 unspecified atom stereocenters. The predicted molar refractivity (Wildman–Crippen MR) is 62.5 cm³/mol. The van der Waals surface area contributed by atoms with Gasteiger partial charge in [0.25, 0.3) is 5.56 Å². The average Bonchev–Trinajstić information content (AvgIpc) is 2.96. The molecule has 0 spiro atoms. The van der Waals surface area contributed by atoms with Gasteiger partial charge in [-0.3, -0.25) is 9.36 Å². The van der Waals surface area contributed by atoms with Crippen molar-refractivity contribution in [3.63, 3.8) is 0 Å². The smallest absolute Gasteiger partial charge is 0.280 e. The van der Waals surface area contributed by atoms with E-state index in [9.17, 15) is 15.0 Å². The molecule has 1 saturated carbocycles. The Bertz CT molecular complexity index is 655. The maximum Gasteiger partial charge on any atom is 0.280 e. The molecule has 0 saturated heterocycles. The summed E-state index contributed by atoms with van der Waals surface area (Å²) in [5.74, 6) is 0.0338. The molecule has 5 N–H and O–H groups in total. The number of nitrogens with two attached hydrogens (primary N) is 1. The first kappa shape index (κ1) is 11.2. The average molecular weight is 251 g/mol. The highest BCUT2D eigenvalue weighted by atomic mass is 16.5. The van der Waals surface area contributed by atoms with Gasteiger partial charge in [-0.05, 0) is 12.8 Å². The highest BCUT2D eigenvalue weighted by Gasteiger charge is 2.49. The third-order valence-electron chi connectivity index (χ3n) is 3.49. The van der Waals surface area contributed by atoms with Crippen LogP contribution >= 0.6 is 0 Å². The molecule has 0 aliphatic heterocycles. The molecule has 2 aromatic rings. The van der Waals surface area contributed by atoms with Crippen molar-refractivity contribution < 1.29 is 10.2 Å². The molecule has 0 aromatic carbocycles. The number of aliphatic hydroxyl groups excluding tert-OH is 1. The van der Waals surface area contributed by atoms with Crippen LogP contribution in [0.25, 0.3) is 11.2 Å². The number of hydrogen-bond donors (Lipinski definition) is 4. The number of aromatic nitrogens is 4. The van der Waals surface area contributed by atoms with E-state index in [1.54, 1.807) is 0 Å². The molecule has 1 aliphatic carbocycles. The van der Waals surface area contributed by atoms with Gasteiger partial charge in [0.1, 0.15) is 0 Å². The predicted octanol–water partition coefficient (Wildman–Crippen LogP) is -1.21. The minimum atomic E-state index is -1.46. The summed E-state index contributed by atoms with van der Waals surface area (Å²) in [5.41, 5.74) is 5.24. The summed E-state index contributed by atoms with van der Waals surface area (Å²) in [6, 6.07) is 0. The number of H-pyrrole nitrogens is 1. The van der Waals surface area contributed by atoms with Crippen molar-refractivity contribution in [2.45, 2.75) is 25.7 Å². The Kier molecular flexibility index (Phi) is 2.19. The fraction of sp³-hybridized carbons (Fsp3) is 0.500. The van der Waals surface area contributed by atoms with Crippen molar-refractivity contribution in [2.24, 2.45) is 5.41 Å². The third kappa shape index (κ3) is 1.50. The van der Waals surface area contributed by atoms with Crippen molar-refractivity contribution in [1.29, 1.82) is 0 Å². The van der Waals surface area contributed by atoms with E-state index in [-0.39, 0.29) is 29.2 Å². The summed E-state index contributed by atoms with van der Waals surface area (Å²) in [5, 5.41) is 18.6. The molecule has 0 amide bonds. The van der Waals surface area contributed by atoms with Crippen LogP contribution in [-0.4, -0.2) is 36.0 Å². The minimum Gasteiger partial charge on any atom is -0.369 e. The van der Waals surface area contributed by atoms with Gasteiger partial charge in [0.15, 0.2) is 17.5 Å². The zero-order chi connectivity index (χ0) is 12.9. The highest BCUT2D eigenvalue weighted by Crippen LogP contribution is 2.49. The number of aromatic amines is 1. The zero-order valence-corrected chi connectivity index (χ0v) is 9.50. The molecule has 1 fully saturated rings. The van der Waals surface area contributed by atoms with Gasteiger partial charge >= 0.3 is 0 Å². The van der Waals surface area contributed by atoms with E-state index >= 15 is 0 Å². The fourth-order valence-electron chi connectivity index (χ4n) is 2.06. The SMILES string of the molecule is Nc1nc2nc[nH]c2c(=O)n1CC1(C(O)O)CC1. The number of rotatable bonds is 3. The normalized spacial score (nSPS) is 17.5. The van der Waals surface area contributed by atoms with Gasteiger partial charge < -0.3 is 20.9 Å².